The third kappa shape index (κ3) is 6.86. The van der Waals surface area contributed by atoms with Crippen LogP contribution < -0.4 is 15.4 Å². The monoisotopic (exact) mass is 523 g/mol. The Morgan fingerprint density at radius 2 is 2.03 bits per heavy atom. The number of carbonyl (C=O) groups is 1. The van der Waals surface area contributed by atoms with Gasteiger partial charge in [0.25, 0.3) is 0 Å². The minimum atomic E-state index is 0. The molecule has 2 heterocycles. The van der Waals surface area contributed by atoms with Crippen LogP contribution >= 0.6 is 24.0 Å². The summed E-state index contributed by atoms with van der Waals surface area (Å²) in [5.41, 5.74) is 2.22. The summed E-state index contributed by atoms with van der Waals surface area (Å²) >= 11 is 0. The van der Waals surface area contributed by atoms with E-state index in [-0.39, 0.29) is 35.8 Å². The highest BCUT2D eigenvalue weighted by Gasteiger charge is 2.29. The van der Waals surface area contributed by atoms with Crippen molar-refractivity contribution in [2.45, 2.75) is 19.4 Å². The van der Waals surface area contributed by atoms with E-state index in [0.717, 1.165) is 25.1 Å². The van der Waals surface area contributed by atoms with Gasteiger partial charge in [0.1, 0.15) is 0 Å². The van der Waals surface area contributed by atoms with Crippen molar-refractivity contribution in [2.75, 3.05) is 33.8 Å². The van der Waals surface area contributed by atoms with Crippen molar-refractivity contribution in [2.24, 2.45) is 10.9 Å². The highest BCUT2D eigenvalue weighted by molar-refractivity contribution is 14.0. The van der Waals surface area contributed by atoms with Crippen LogP contribution in [0.3, 0.4) is 0 Å². The van der Waals surface area contributed by atoms with Gasteiger partial charge in [-0.2, -0.15) is 0 Å². The Bertz CT molecular complexity index is 831. The van der Waals surface area contributed by atoms with Crippen molar-refractivity contribution in [3.63, 3.8) is 0 Å². The molecule has 162 valence electrons. The second kappa shape index (κ2) is 12.4. The maximum Gasteiger partial charge on any atom is 0.223 e. The number of benzene rings is 1. The van der Waals surface area contributed by atoms with Crippen LogP contribution in [0, 0.1) is 5.92 Å². The SMILES string of the molecule is CN=C(NCc1cccnc1OC)NCC1CC(=O)N(CCc2ccccc2)C1.I. The highest BCUT2D eigenvalue weighted by Crippen LogP contribution is 2.18. The molecular weight excluding hydrogens is 493 g/mol. The number of aliphatic imine (C=N–C) groups is 1. The fourth-order valence-electron chi connectivity index (χ4n) is 3.50. The fourth-order valence-corrected chi connectivity index (χ4v) is 3.50. The summed E-state index contributed by atoms with van der Waals surface area (Å²) in [5.74, 6) is 1.82. The second-order valence-electron chi connectivity index (χ2n) is 7.12. The molecule has 0 bridgehead atoms. The number of pyridine rings is 1. The molecule has 2 N–H and O–H groups in total. The van der Waals surface area contributed by atoms with Crippen LogP contribution in [0.4, 0.5) is 0 Å². The zero-order valence-electron chi connectivity index (χ0n) is 17.5. The van der Waals surface area contributed by atoms with E-state index in [4.69, 9.17) is 4.74 Å². The molecule has 8 heteroatoms. The summed E-state index contributed by atoms with van der Waals surface area (Å²) in [6.45, 7) is 2.82. The quantitative estimate of drug-likeness (QED) is 0.316. The molecule has 1 aromatic carbocycles. The smallest absolute Gasteiger partial charge is 0.223 e. The average Bonchev–Trinajstić information content (AvgIpc) is 3.12. The average molecular weight is 523 g/mol. The summed E-state index contributed by atoms with van der Waals surface area (Å²) in [7, 11) is 3.35. The van der Waals surface area contributed by atoms with Gasteiger partial charge in [-0.3, -0.25) is 9.79 Å². The van der Waals surface area contributed by atoms with E-state index in [9.17, 15) is 4.79 Å². The van der Waals surface area contributed by atoms with E-state index in [1.165, 1.54) is 5.56 Å². The molecule has 1 atom stereocenters. The van der Waals surface area contributed by atoms with Crippen molar-refractivity contribution in [1.82, 2.24) is 20.5 Å². The van der Waals surface area contributed by atoms with Gasteiger partial charge in [-0.1, -0.05) is 36.4 Å². The summed E-state index contributed by atoms with van der Waals surface area (Å²) in [6, 6.07) is 14.1. The molecule has 1 amide bonds. The summed E-state index contributed by atoms with van der Waals surface area (Å²) in [6.07, 6.45) is 3.17. The van der Waals surface area contributed by atoms with Crippen molar-refractivity contribution >= 4 is 35.8 Å². The Kier molecular flexibility index (Phi) is 9.85. The van der Waals surface area contributed by atoms with Gasteiger partial charge in [-0.05, 0) is 18.1 Å². The predicted molar refractivity (Wildman–Crippen MR) is 129 cm³/mol. The first kappa shape index (κ1) is 23.9. The van der Waals surface area contributed by atoms with Crippen LogP contribution in [0.15, 0.2) is 53.7 Å². The first-order valence-electron chi connectivity index (χ1n) is 9.93. The first-order valence-corrected chi connectivity index (χ1v) is 9.93. The number of amides is 1. The Morgan fingerprint density at radius 1 is 1.23 bits per heavy atom. The number of hydrogen-bond acceptors (Lipinski definition) is 4. The second-order valence-corrected chi connectivity index (χ2v) is 7.12. The number of likely N-dealkylation sites (tertiary alicyclic amines) is 1. The van der Waals surface area contributed by atoms with Gasteiger partial charge in [0, 0.05) is 57.3 Å². The van der Waals surface area contributed by atoms with Crippen LogP contribution in [0.1, 0.15) is 17.5 Å². The standard InChI is InChI=1S/C22H29N5O2.HI/c1-23-22(26-15-19-9-6-11-24-21(19)29-2)25-14-18-13-20(28)27(16-18)12-10-17-7-4-3-5-8-17;/h3-9,11,18H,10,12-16H2,1-2H3,(H2,23,25,26);1H. The number of methoxy groups -OCH3 is 1. The van der Waals surface area contributed by atoms with Crippen molar-refractivity contribution in [1.29, 1.82) is 0 Å². The molecule has 0 saturated carbocycles. The molecule has 1 aromatic heterocycles. The molecule has 1 unspecified atom stereocenters. The number of aromatic nitrogens is 1. The number of nitrogens with zero attached hydrogens (tertiary/aromatic N) is 3. The molecule has 0 radical (unpaired) electrons. The number of nitrogens with one attached hydrogen (secondary N) is 2. The van der Waals surface area contributed by atoms with E-state index in [1.807, 2.05) is 35.2 Å². The lowest BCUT2D eigenvalue weighted by molar-refractivity contribution is -0.127. The molecule has 2 aromatic rings. The van der Waals surface area contributed by atoms with Crippen LogP contribution in [-0.2, 0) is 17.8 Å². The van der Waals surface area contributed by atoms with Crippen molar-refractivity contribution < 1.29 is 9.53 Å². The number of halogens is 1. The molecule has 1 aliphatic heterocycles. The van der Waals surface area contributed by atoms with Gasteiger partial charge in [-0.15, -0.1) is 24.0 Å². The van der Waals surface area contributed by atoms with Gasteiger partial charge in [0.2, 0.25) is 11.8 Å². The molecule has 7 nitrogen and oxygen atoms in total. The summed E-state index contributed by atoms with van der Waals surface area (Å²) < 4.78 is 5.28. The summed E-state index contributed by atoms with van der Waals surface area (Å²) in [4.78, 5) is 22.8. The van der Waals surface area contributed by atoms with E-state index in [0.29, 0.717) is 31.3 Å². The van der Waals surface area contributed by atoms with Crippen LogP contribution in [0.2, 0.25) is 0 Å². The molecule has 1 fully saturated rings. The molecular formula is C22H30IN5O2. The van der Waals surface area contributed by atoms with E-state index < -0.39 is 0 Å². The normalized spacial score (nSPS) is 16.2. The molecule has 0 spiro atoms. The van der Waals surface area contributed by atoms with Crippen molar-refractivity contribution in [3.8, 4) is 5.88 Å². The van der Waals surface area contributed by atoms with Crippen molar-refractivity contribution in [3.05, 3.63) is 59.8 Å². The maximum absolute atomic E-state index is 12.3. The van der Waals surface area contributed by atoms with Crippen LogP contribution in [0.25, 0.3) is 0 Å². The Labute approximate surface area is 195 Å². The Morgan fingerprint density at radius 3 is 2.77 bits per heavy atom. The van der Waals surface area contributed by atoms with Gasteiger partial charge in [0.15, 0.2) is 5.96 Å². The molecule has 1 saturated heterocycles. The van der Waals surface area contributed by atoms with Gasteiger partial charge in [0.05, 0.1) is 7.11 Å². The maximum atomic E-state index is 12.3. The number of hydrogen-bond donors (Lipinski definition) is 2. The molecule has 1 aliphatic rings. The topological polar surface area (TPSA) is 78.9 Å². The summed E-state index contributed by atoms with van der Waals surface area (Å²) in [5, 5.41) is 6.61. The first-order chi connectivity index (χ1) is 14.2. The minimum Gasteiger partial charge on any atom is -0.481 e. The molecule has 3 rings (SSSR count). The zero-order chi connectivity index (χ0) is 20.5. The minimum absolute atomic E-state index is 0. The van der Waals surface area contributed by atoms with Crippen LogP contribution in [-0.4, -0.2) is 55.5 Å². The lowest BCUT2D eigenvalue weighted by Crippen LogP contribution is -2.40. The lowest BCUT2D eigenvalue weighted by Gasteiger charge is -2.18. The Hall–Kier alpha value is -2.36. The number of rotatable bonds is 8. The number of ether oxygens (including phenoxy) is 1. The third-order valence-corrected chi connectivity index (χ3v) is 5.08. The predicted octanol–water partition coefficient (Wildman–Crippen LogP) is 2.46. The van der Waals surface area contributed by atoms with Gasteiger partial charge in [-0.25, -0.2) is 4.98 Å². The largest absolute Gasteiger partial charge is 0.481 e. The molecule has 30 heavy (non-hydrogen) atoms. The lowest BCUT2D eigenvalue weighted by atomic mass is 10.1. The van der Waals surface area contributed by atoms with Gasteiger partial charge < -0.3 is 20.3 Å². The number of guanidine groups is 1. The highest BCUT2D eigenvalue weighted by atomic mass is 127. The zero-order valence-corrected chi connectivity index (χ0v) is 19.8. The van der Waals surface area contributed by atoms with E-state index in [2.05, 4.69) is 32.7 Å². The van der Waals surface area contributed by atoms with Gasteiger partial charge >= 0.3 is 0 Å². The third-order valence-electron chi connectivity index (χ3n) is 5.08. The van der Waals surface area contributed by atoms with E-state index >= 15 is 0 Å². The van der Waals surface area contributed by atoms with E-state index in [1.54, 1.807) is 20.4 Å². The molecule has 0 aliphatic carbocycles. The fraction of sp³-hybridized carbons (Fsp3) is 0.409. The number of carbonyl (C=O) groups excluding carboxylic acids is 1. The van der Waals surface area contributed by atoms with Crippen LogP contribution in [0.5, 0.6) is 5.88 Å². The Balaban J connectivity index is 0.00000320.